The molecule has 0 saturated heterocycles. The Morgan fingerprint density at radius 2 is 1.61 bits per heavy atom. The van der Waals surface area contributed by atoms with Crippen LogP contribution < -0.4 is 0 Å². The molecule has 0 fully saturated rings. The number of hydrogen-bond acceptors (Lipinski definition) is 2. The van der Waals surface area contributed by atoms with Crippen LogP contribution in [0.25, 0.3) is 0 Å². The standard InChI is InChI=1S/C15H22O2.Ca.2H/c1-2-3-4-5-6-10-13-17-15(16)14-11-8-7-9-12-14;;;/h7-9,11-12H,2-6,10,13H2,1H3;;;. The molecule has 3 heteroatoms. The van der Waals surface area contributed by atoms with Gasteiger partial charge in [-0.2, -0.15) is 0 Å². The Labute approximate surface area is 140 Å². The maximum atomic E-state index is 11.6. The zero-order valence-electron chi connectivity index (χ0n) is 10.7. The molecule has 2 nitrogen and oxygen atoms in total. The first kappa shape index (κ1) is 17.9. The Morgan fingerprint density at radius 1 is 1.00 bits per heavy atom. The van der Waals surface area contributed by atoms with E-state index in [1.165, 1.54) is 25.7 Å². The summed E-state index contributed by atoms with van der Waals surface area (Å²) in [5, 5.41) is 0. The molecular weight excluding hydrogens is 252 g/mol. The molecule has 0 aliphatic rings. The minimum atomic E-state index is -0.209. The van der Waals surface area contributed by atoms with Crippen LogP contribution in [-0.4, -0.2) is 50.3 Å². The first-order chi connectivity index (χ1) is 8.34. The summed E-state index contributed by atoms with van der Waals surface area (Å²) in [4.78, 5) is 11.6. The van der Waals surface area contributed by atoms with Crippen LogP contribution in [0.3, 0.4) is 0 Å². The zero-order valence-corrected chi connectivity index (χ0v) is 10.7. The van der Waals surface area contributed by atoms with Crippen LogP contribution in [-0.2, 0) is 4.74 Å². The first-order valence-corrected chi connectivity index (χ1v) is 6.56. The van der Waals surface area contributed by atoms with Gasteiger partial charge in [-0.3, -0.25) is 0 Å². The Bertz CT molecular complexity index is 312. The van der Waals surface area contributed by atoms with Gasteiger partial charge in [-0.25, -0.2) is 4.79 Å². The van der Waals surface area contributed by atoms with E-state index in [2.05, 4.69) is 6.92 Å². The number of benzene rings is 1. The molecule has 0 aliphatic carbocycles. The summed E-state index contributed by atoms with van der Waals surface area (Å²) in [6.45, 7) is 2.75. The predicted molar refractivity (Wildman–Crippen MR) is 78.6 cm³/mol. The van der Waals surface area contributed by atoms with E-state index in [1.54, 1.807) is 12.1 Å². The van der Waals surface area contributed by atoms with E-state index in [4.69, 9.17) is 4.74 Å². The van der Waals surface area contributed by atoms with Crippen molar-refractivity contribution in [3.8, 4) is 0 Å². The minimum absolute atomic E-state index is 0. The number of unbranched alkanes of at least 4 members (excludes halogenated alkanes) is 5. The summed E-state index contributed by atoms with van der Waals surface area (Å²) >= 11 is 0. The van der Waals surface area contributed by atoms with E-state index in [0.29, 0.717) is 12.2 Å². The van der Waals surface area contributed by atoms with Crippen LogP contribution >= 0.6 is 0 Å². The third-order valence-electron chi connectivity index (χ3n) is 2.74. The maximum absolute atomic E-state index is 11.6. The molecular formula is C15H24CaO2. The van der Waals surface area contributed by atoms with Gasteiger partial charge in [-0.05, 0) is 18.6 Å². The number of hydrogen-bond donors (Lipinski definition) is 0. The van der Waals surface area contributed by atoms with Crippen molar-refractivity contribution in [1.82, 2.24) is 0 Å². The van der Waals surface area contributed by atoms with Crippen LogP contribution in [0.4, 0.5) is 0 Å². The van der Waals surface area contributed by atoms with E-state index < -0.39 is 0 Å². The fraction of sp³-hybridized carbons (Fsp3) is 0.533. The fourth-order valence-corrected chi connectivity index (χ4v) is 1.70. The van der Waals surface area contributed by atoms with Crippen LogP contribution in [0.2, 0.25) is 0 Å². The number of carbonyl (C=O) groups is 1. The summed E-state index contributed by atoms with van der Waals surface area (Å²) in [6.07, 6.45) is 7.25. The number of esters is 1. The molecule has 0 atom stereocenters. The van der Waals surface area contributed by atoms with Crippen LogP contribution in [0.1, 0.15) is 55.8 Å². The molecule has 0 unspecified atom stereocenters. The molecule has 0 aliphatic heterocycles. The third-order valence-corrected chi connectivity index (χ3v) is 2.74. The molecule has 0 amide bonds. The zero-order chi connectivity index (χ0) is 12.3. The van der Waals surface area contributed by atoms with Crippen LogP contribution in [0, 0.1) is 0 Å². The molecule has 1 rings (SSSR count). The van der Waals surface area contributed by atoms with E-state index in [1.807, 2.05) is 18.2 Å². The second-order valence-electron chi connectivity index (χ2n) is 4.27. The first-order valence-electron chi connectivity index (χ1n) is 6.56. The van der Waals surface area contributed by atoms with Crippen LogP contribution in [0.5, 0.6) is 0 Å². The summed E-state index contributed by atoms with van der Waals surface area (Å²) in [6, 6.07) is 9.15. The molecule has 18 heavy (non-hydrogen) atoms. The summed E-state index contributed by atoms with van der Waals surface area (Å²) in [5.74, 6) is -0.209. The van der Waals surface area contributed by atoms with Gasteiger partial charge in [0, 0.05) is 0 Å². The molecule has 0 N–H and O–H groups in total. The molecule has 0 heterocycles. The van der Waals surface area contributed by atoms with Crippen molar-refractivity contribution in [1.29, 1.82) is 0 Å². The number of ether oxygens (including phenoxy) is 1. The monoisotopic (exact) mass is 276 g/mol. The SMILES string of the molecule is CCCCCCCCOC(=O)c1ccccc1.[CaH2]. The van der Waals surface area contributed by atoms with E-state index in [9.17, 15) is 4.79 Å². The van der Waals surface area contributed by atoms with Gasteiger partial charge in [0.05, 0.1) is 12.2 Å². The molecule has 0 bridgehead atoms. The average Bonchev–Trinajstić information content (AvgIpc) is 2.38. The summed E-state index contributed by atoms with van der Waals surface area (Å²) < 4.78 is 5.20. The molecule has 98 valence electrons. The normalized spacial score (nSPS) is 9.61. The molecule has 0 saturated carbocycles. The van der Waals surface area contributed by atoms with Gasteiger partial charge < -0.3 is 4.74 Å². The van der Waals surface area contributed by atoms with Gasteiger partial charge in [0.2, 0.25) is 0 Å². The second-order valence-corrected chi connectivity index (χ2v) is 4.27. The number of rotatable bonds is 8. The summed E-state index contributed by atoms with van der Waals surface area (Å²) in [7, 11) is 0. The van der Waals surface area contributed by atoms with Crippen molar-refractivity contribution >= 4 is 43.7 Å². The van der Waals surface area contributed by atoms with Gasteiger partial charge in [-0.1, -0.05) is 57.2 Å². The molecule has 1 aromatic carbocycles. The molecule has 1 aromatic rings. The van der Waals surface area contributed by atoms with E-state index in [-0.39, 0.29) is 43.7 Å². The third kappa shape index (κ3) is 8.12. The number of carbonyl (C=O) groups excluding carboxylic acids is 1. The van der Waals surface area contributed by atoms with Crippen molar-refractivity contribution in [3.63, 3.8) is 0 Å². The Balaban J connectivity index is 0.00000289. The predicted octanol–water partition coefficient (Wildman–Crippen LogP) is 3.29. The Kier molecular flexibility index (Phi) is 12.0. The second kappa shape index (κ2) is 12.0. The van der Waals surface area contributed by atoms with Gasteiger partial charge in [0.15, 0.2) is 0 Å². The van der Waals surface area contributed by atoms with Crippen molar-refractivity contribution in [3.05, 3.63) is 35.9 Å². The van der Waals surface area contributed by atoms with Gasteiger partial charge in [0.1, 0.15) is 0 Å². The quantitative estimate of drug-likeness (QED) is 0.414. The fourth-order valence-electron chi connectivity index (χ4n) is 1.70. The van der Waals surface area contributed by atoms with Crippen LogP contribution in [0.15, 0.2) is 30.3 Å². The molecule has 0 radical (unpaired) electrons. The van der Waals surface area contributed by atoms with Crippen molar-refractivity contribution in [2.24, 2.45) is 0 Å². The molecule has 0 aromatic heterocycles. The average molecular weight is 276 g/mol. The van der Waals surface area contributed by atoms with E-state index in [0.717, 1.165) is 12.8 Å². The Hall–Kier alpha value is -0.0503. The topological polar surface area (TPSA) is 26.3 Å². The summed E-state index contributed by atoms with van der Waals surface area (Å²) in [5.41, 5.74) is 0.637. The Morgan fingerprint density at radius 3 is 2.28 bits per heavy atom. The molecule has 0 spiro atoms. The van der Waals surface area contributed by atoms with Gasteiger partial charge in [0.25, 0.3) is 0 Å². The van der Waals surface area contributed by atoms with Crippen molar-refractivity contribution in [2.45, 2.75) is 45.4 Å². The van der Waals surface area contributed by atoms with Gasteiger partial charge in [-0.15, -0.1) is 0 Å². The van der Waals surface area contributed by atoms with Gasteiger partial charge >= 0.3 is 43.7 Å². The van der Waals surface area contributed by atoms with Crippen molar-refractivity contribution in [2.75, 3.05) is 6.61 Å². The van der Waals surface area contributed by atoms with E-state index >= 15 is 0 Å². The van der Waals surface area contributed by atoms with Crippen molar-refractivity contribution < 1.29 is 9.53 Å².